The Kier molecular flexibility index (Phi) is 7.10. The molecular weight excluding hydrogens is 246 g/mol. The van der Waals surface area contributed by atoms with Crippen molar-refractivity contribution < 1.29 is 4.74 Å². The highest BCUT2D eigenvalue weighted by Gasteiger charge is 2.17. The number of benzene rings is 1. The van der Waals surface area contributed by atoms with Crippen LogP contribution < -0.4 is 5.32 Å². The molecule has 1 aromatic rings. The SMILES string of the molecule is CCNC(CCCc1ccccc1)CCC1CCCO1. The number of hydrogen-bond acceptors (Lipinski definition) is 2. The molecule has 1 aromatic carbocycles. The van der Waals surface area contributed by atoms with E-state index in [1.54, 1.807) is 0 Å². The van der Waals surface area contributed by atoms with Crippen LogP contribution in [-0.2, 0) is 11.2 Å². The summed E-state index contributed by atoms with van der Waals surface area (Å²) in [7, 11) is 0. The predicted molar refractivity (Wildman–Crippen MR) is 85.1 cm³/mol. The number of hydrogen-bond donors (Lipinski definition) is 1. The van der Waals surface area contributed by atoms with Gasteiger partial charge in [-0.2, -0.15) is 0 Å². The normalized spacial score (nSPS) is 20.1. The smallest absolute Gasteiger partial charge is 0.0576 e. The van der Waals surface area contributed by atoms with E-state index in [9.17, 15) is 0 Å². The molecule has 1 aliphatic heterocycles. The summed E-state index contributed by atoms with van der Waals surface area (Å²) in [6.45, 7) is 4.25. The molecule has 2 unspecified atom stereocenters. The van der Waals surface area contributed by atoms with Crippen LogP contribution in [0.1, 0.15) is 51.0 Å². The van der Waals surface area contributed by atoms with Gasteiger partial charge in [0.2, 0.25) is 0 Å². The van der Waals surface area contributed by atoms with Crippen molar-refractivity contribution in [1.82, 2.24) is 5.32 Å². The fraction of sp³-hybridized carbons (Fsp3) is 0.667. The Morgan fingerprint density at radius 3 is 2.80 bits per heavy atom. The van der Waals surface area contributed by atoms with Crippen LogP contribution in [0, 0.1) is 0 Å². The largest absolute Gasteiger partial charge is 0.378 e. The van der Waals surface area contributed by atoms with Gasteiger partial charge >= 0.3 is 0 Å². The molecular formula is C18H29NO. The highest BCUT2D eigenvalue weighted by molar-refractivity contribution is 5.14. The zero-order valence-electron chi connectivity index (χ0n) is 12.8. The van der Waals surface area contributed by atoms with Gasteiger partial charge in [0, 0.05) is 12.6 Å². The summed E-state index contributed by atoms with van der Waals surface area (Å²) < 4.78 is 5.73. The highest BCUT2D eigenvalue weighted by atomic mass is 16.5. The second-order valence-corrected chi connectivity index (χ2v) is 5.84. The zero-order valence-corrected chi connectivity index (χ0v) is 12.8. The second kappa shape index (κ2) is 9.15. The first-order chi connectivity index (χ1) is 9.88. The van der Waals surface area contributed by atoms with E-state index < -0.39 is 0 Å². The van der Waals surface area contributed by atoms with Crippen molar-refractivity contribution in [2.24, 2.45) is 0 Å². The maximum absolute atomic E-state index is 5.73. The molecule has 0 amide bonds. The monoisotopic (exact) mass is 275 g/mol. The van der Waals surface area contributed by atoms with Crippen molar-refractivity contribution in [3.63, 3.8) is 0 Å². The molecule has 0 aromatic heterocycles. The van der Waals surface area contributed by atoms with Crippen molar-refractivity contribution in [2.45, 2.75) is 64.0 Å². The van der Waals surface area contributed by atoms with Gasteiger partial charge in [-0.3, -0.25) is 0 Å². The van der Waals surface area contributed by atoms with E-state index in [0.717, 1.165) is 13.2 Å². The molecule has 0 radical (unpaired) electrons. The summed E-state index contributed by atoms with van der Waals surface area (Å²) in [5, 5.41) is 3.64. The molecule has 112 valence electrons. The van der Waals surface area contributed by atoms with Crippen LogP contribution >= 0.6 is 0 Å². The first kappa shape index (κ1) is 15.5. The summed E-state index contributed by atoms with van der Waals surface area (Å²) >= 11 is 0. The van der Waals surface area contributed by atoms with Gasteiger partial charge in [-0.1, -0.05) is 37.3 Å². The number of nitrogens with one attached hydrogen (secondary N) is 1. The molecule has 1 saturated heterocycles. The van der Waals surface area contributed by atoms with E-state index in [1.165, 1.54) is 50.5 Å². The van der Waals surface area contributed by atoms with Gasteiger partial charge in [0.25, 0.3) is 0 Å². The Hall–Kier alpha value is -0.860. The highest BCUT2D eigenvalue weighted by Crippen LogP contribution is 2.19. The van der Waals surface area contributed by atoms with E-state index in [1.807, 2.05) is 0 Å². The van der Waals surface area contributed by atoms with E-state index in [0.29, 0.717) is 12.1 Å². The van der Waals surface area contributed by atoms with Crippen LogP contribution in [0.15, 0.2) is 30.3 Å². The van der Waals surface area contributed by atoms with Crippen LogP contribution in [0.25, 0.3) is 0 Å². The lowest BCUT2D eigenvalue weighted by Crippen LogP contribution is -2.30. The van der Waals surface area contributed by atoms with Crippen LogP contribution in [0.5, 0.6) is 0 Å². The molecule has 20 heavy (non-hydrogen) atoms. The van der Waals surface area contributed by atoms with Gasteiger partial charge in [-0.05, 0) is 57.1 Å². The van der Waals surface area contributed by atoms with Gasteiger partial charge in [0.1, 0.15) is 0 Å². The number of aryl methyl sites for hydroxylation is 1. The third kappa shape index (κ3) is 5.64. The fourth-order valence-electron chi connectivity index (χ4n) is 3.09. The zero-order chi connectivity index (χ0) is 14.0. The maximum Gasteiger partial charge on any atom is 0.0576 e. The van der Waals surface area contributed by atoms with Gasteiger partial charge in [0.05, 0.1) is 6.10 Å². The molecule has 2 nitrogen and oxygen atoms in total. The molecule has 1 fully saturated rings. The molecule has 2 rings (SSSR count). The minimum Gasteiger partial charge on any atom is -0.378 e. The minimum atomic E-state index is 0.533. The third-order valence-electron chi connectivity index (χ3n) is 4.21. The van der Waals surface area contributed by atoms with E-state index in [4.69, 9.17) is 4.74 Å². The summed E-state index contributed by atoms with van der Waals surface area (Å²) in [6.07, 6.45) is 9.28. The summed E-state index contributed by atoms with van der Waals surface area (Å²) in [5.74, 6) is 0. The molecule has 2 atom stereocenters. The Morgan fingerprint density at radius 2 is 2.10 bits per heavy atom. The van der Waals surface area contributed by atoms with Crippen LogP contribution in [0.4, 0.5) is 0 Å². The Morgan fingerprint density at radius 1 is 1.25 bits per heavy atom. The molecule has 1 N–H and O–H groups in total. The van der Waals surface area contributed by atoms with Crippen LogP contribution in [0.2, 0.25) is 0 Å². The lowest BCUT2D eigenvalue weighted by molar-refractivity contribution is 0.0992. The first-order valence-corrected chi connectivity index (χ1v) is 8.27. The predicted octanol–water partition coefficient (Wildman–Crippen LogP) is 3.95. The lowest BCUT2D eigenvalue weighted by atomic mass is 9.99. The van der Waals surface area contributed by atoms with Crippen LogP contribution in [-0.4, -0.2) is 25.3 Å². The van der Waals surface area contributed by atoms with Gasteiger partial charge in [-0.25, -0.2) is 0 Å². The van der Waals surface area contributed by atoms with Gasteiger partial charge < -0.3 is 10.1 Å². The molecule has 0 bridgehead atoms. The second-order valence-electron chi connectivity index (χ2n) is 5.84. The summed E-state index contributed by atoms with van der Waals surface area (Å²) in [5.41, 5.74) is 1.46. The van der Waals surface area contributed by atoms with Crippen molar-refractivity contribution >= 4 is 0 Å². The van der Waals surface area contributed by atoms with Gasteiger partial charge in [0.15, 0.2) is 0 Å². The van der Waals surface area contributed by atoms with E-state index in [-0.39, 0.29) is 0 Å². The van der Waals surface area contributed by atoms with Gasteiger partial charge in [-0.15, -0.1) is 0 Å². The Balaban J connectivity index is 1.65. The van der Waals surface area contributed by atoms with Crippen LogP contribution in [0.3, 0.4) is 0 Å². The molecule has 2 heteroatoms. The topological polar surface area (TPSA) is 21.3 Å². The molecule has 1 aliphatic rings. The van der Waals surface area contributed by atoms with Crippen molar-refractivity contribution in [1.29, 1.82) is 0 Å². The first-order valence-electron chi connectivity index (χ1n) is 8.27. The maximum atomic E-state index is 5.73. The average molecular weight is 275 g/mol. The van der Waals surface area contributed by atoms with E-state index in [2.05, 4.69) is 42.6 Å². The number of ether oxygens (including phenoxy) is 1. The minimum absolute atomic E-state index is 0.533. The standard InChI is InChI=1S/C18H29NO/c1-2-19-17(13-14-18-12-7-15-20-18)11-6-10-16-8-4-3-5-9-16/h3-5,8-9,17-19H,2,6-7,10-15H2,1H3. The molecule has 0 spiro atoms. The fourth-order valence-corrected chi connectivity index (χ4v) is 3.09. The van der Waals surface area contributed by atoms with Crippen molar-refractivity contribution in [2.75, 3.05) is 13.2 Å². The quantitative estimate of drug-likeness (QED) is 0.737. The molecule has 0 saturated carbocycles. The van der Waals surface area contributed by atoms with E-state index >= 15 is 0 Å². The summed E-state index contributed by atoms with van der Waals surface area (Å²) in [6, 6.07) is 11.5. The average Bonchev–Trinajstić information content (AvgIpc) is 2.99. The molecule has 1 heterocycles. The number of rotatable bonds is 9. The molecule has 0 aliphatic carbocycles. The van der Waals surface area contributed by atoms with Crippen molar-refractivity contribution in [3.8, 4) is 0 Å². The summed E-state index contributed by atoms with van der Waals surface area (Å²) in [4.78, 5) is 0. The third-order valence-corrected chi connectivity index (χ3v) is 4.21. The van der Waals surface area contributed by atoms with Crippen molar-refractivity contribution in [3.05, 3.63) is 35.9 Å². The lowest BCUT2D eigenvalue weighted by Gasteiger charge is -2.19. The Labute approximate surface area is 123 Å². The Bertz CT molecular complexity index is 346.